The van der Waals surface area contributed by atoms with Crippen molar-refractivity contribution in [1.29, 1.82) is 0 Å². The van der Waals surface area contributed by atoms with Gasteiger partial charge < -0.3 is 9.84 Å². The summed E-state index contributed by atoms with van der Waals surface area (Å²) in [7, 11) is -2.45. The topological polar surface area (TPSA) is 105 Å². The molecule has 0 saturated carbocycles. The van der Waals surface area contributed by atoms with Crippen molar-refractivity contribution in [2.75, 3.05) is 7.11 Å². The Morgan fingerprint density at radius 2 is 1.73 bits per heavy atom. The van der Waals surface area contributed by atoms with Crippen molar-refractivity contribution in [1.82, 2.24) is 10.3 Å². The van der Waals surface area contributed by atoms with E-state index in [1.807, 2.05) is 10.3 Å². The molecule has 0 unspecified atom stereocenters. The van der Waals surface area contributed by atoms with Crippen molar-refractivity contribution in [3.05, 3.63) is 54.1 Å². The third-order valence-corrected chi connectivity index (χ3v) is 4.08. The molecule has 0 heterocycles. The standard InChI is InChI=1S/C14H14N2O5S/c1-21-10-6-8-11(9-7-10)22(19,20)16-15-14(18)12-4-2-3-5-13(12)17/h2-9,16-17H,1H3,(H,15,18). The van der Waals surface area contributed by atoms with Crippen LogP contribution in [0.3, 0.4) is 0 Å². The molecule has 7 nitrogen and oxygen atoms in total. The zero-order valence-electron chi connectivity index (χ0n) is 11.6. The highest BCUT2D eigenvalue weighted by atomic mass is 32.2. The highest BCUT2D eigenvalue weighted by molar-refractivity contribution is 7.89. The molecule has 2 aromatic carbocycles. The van der Waals surface area contributed by atoms with Crippen LogP contribution < -0.4 is 15.0 Å². The molecule has 0 spiro atoms. The normalized spacial score (nSPS) is 11.0. The summed E-state index contributed by atoms with van der Waals surface area (Å²) in [4.78, 5) is 13.7. The summed E-state index contributed by atoms with van der Waals surface area (Å²) in [5.74, 6) is -0.504. The highest BCUT2D eigenvalue weighted by Gasteiger charge is 2.17. The van der Waals surface area contributed by atoms with Gasteiger partial charge in [0.25, 0.3) is 15.9 Å². The fourth-order valence-electron chi connectivity index (χ4n) is 1.66. The number of methoxy groups -OCH3 is 1. The number of aromatic hydroxyl groups is 1. The van der Waals surface area contributed by atoms with Crippen molar-refractivity contribution in [3.63, 3.8) is 0 Å². The molecular weight excluding hydrogens is 308 g/mol. The van der Waals surface area contributed by atoms with E-state index in [9.17, 15) is 18.3 Å². The lowest BCUT2D eigenvalue weighted by Crippen LogP contribution is -2.41. The number of carbonyl (C=O) groups is 1. The van der Waals surface area contributed by atoms with Gasteiger partial charge in [-0.3, -0.25) is 10.2 Å². The maximum Gasteiger partial charge on any atom is 0.269 e. The molecule has 22 heavy (non-hydrogen) atoms. The predicted octanol–water partition coefficient (Wildman–Crippen LogP) is 1.02. The Bertz CT molecular complexity index is 772. The maximum atomic E-state index is 12.0. The minimum absolute atomic E-state index is 0.0362. The second-order valence-corrected chi connectivity index (χ2v) is 5.93. The van der Waals surface area contributed by atoms with Crippen LogP contribution >= 0.6 is 0 Å². The van der Waals surface area contributed by atoms with Gasteiger partial charge in [-0.2, -0.15) is 0 Å². The molecule has 3 N–H and O–H groups in total. The molecular formula is C14H14N2O5S. The first kappa shape index (κ1) is 15.8. The van der Waals surface area contributed by atoms with Crippen LogP contribution in [0.1, 0.15) is 10.4 Å². The van der Waals surface area contributed by atoms with Gasteiger partial charge in [0.05, 0.1) is 17.6 Å². The Labute approximate surface area is 127 Å². The molecule has 0 fully saturated rings. The Balaban J connectivity index is 2.09. The molecule has 0 aliphatic rings. The van der Waals surface area contributed by atoms with Gasteiger partial charge in [-0.25, -0.2) is 8.42 Å². The van der Waals surface area contributed by atoms with Crippen molar-refractivity contribution < 1.29 is 23.1 Å². The summed E-state index contributed by atoms with van der Waals surface area (Å²) in [5.41, 5.74) is 2.00. The van der Waals surface area contributed by atoms with Crippen molar-refractivity contribution in [2.24, 2.45) is 0 Å². The first-order valence-corrected chi connectivity index (χ1v) is 7.66. The molecule has 0 radical (unpaired) electrons. The number of hydrazine groups is 1. The maximum absolute atomic E-state index is 12.0. The van der Waals surface area contributed by atoms with Crippen LogP contribution in [0.2, 0.25) is 0 Å². The van der Waals surface area contributed by atoms with E-state index in [0.29, 0.717) is 5.75 Å². The van der Waals surface area contributed by atoms with Crippen LogP contribution in [0.5, 0.6) is 11.5 Å². The van der Waals surface area contributed by atoms with Gasteiger partial charge in [-0.05, 0) is 36.4 Å². The van der Waals surface area contributed by atoms with Gasteiger partial charge in [0.2, 0.25) is 0 Å². The van der Waals surface area contributed by atoms with Gasteiger partial charge >= 0.3 is 0 Å². The van der Waals surface area contributed by atoms with E-state index in [4.69, 9.17) is 4.74 Å². The van der Waals surface area contributed by atoms with Gasteiger partial charge in [-0.15, -0.1) is 4.83 Å². The Hall–Kier alpha value is -2.58. The minimum Gasteiger partial charge on any atom is -0.507 e. The second kappa shape index (κ2) is 6.46. The molecule has 1 amide bonds. The van der Waals surface area contributed by atoms with Gasteiger partial charge in [0.1, 0.15) is 11.5 Å². The van der Waals surface area contributed by atoms with Crippen LogP contribution in [-0.4, -0.2) is 26.5 Å². The number of benzene rings is 2. The molecule has 116 valence electrons. The third kappa shape index (κ3) is 3.54. The summed E-state index contributed by atoms with van der Waals surface area (Å²) in [5, 5.41) is 9.53. The van der Waals surface area contributed by atoms with Crippen LogP contribution in [-0.2, 0) is 10.0 Å². The molecule has 0 saturated heterocycles. The molecule has 0 aromatic heterocycles. The number of para-hydroxylation sites is 1. The first-order chi connectivity index (χ1) is 10.4. The van der Waals surface area contributed by atoms with Gasteiger partial charge in [-0.1, -0.05) is 12.1 Å². The molecule has 0 atom stereocenters. The lowest BCUT2D eigenvalue weighted by atomic mass is 10.2. The summed E-state index contributed by atoms with van der Waals surface area (Å²) in [6, 6.07) is 11.4. The monoisotopic (exact) mass is 322 g/mol. The Kier molecular flexibility index (Phi) is 4.64. The minimum atomic E-state index is -3.92. The fourth-order valence-corrected chi connectivity index (χ4v) is 2.50. The summed E-state index contributed by atoms with van der Waals surface area (Å²) in [6.07, 6.45) is 0. The summed E-state index contributed by atoms with van der Waals surface area (Å²) in [6.45, 7) is 0. The van der Waals surface area contributed by atoms with Crippen LogP contribution in [0.15, 0.2) is 53.4 Å². The number of phenolic OH excluding ortho intramolecular Hbond substituents is 1. The number of sulfonamides is 1. The van der Waals surface area contributed by atoms with Crippen molar-refractivity contribution in [3.8, 4) is 11.5 Å². The zero-order valence-corrected chi connectivity index (χ0v) is 12.4. The largest absolute Gasteiger partial charge is 0.507 e. The molecule has 8 heteroatoms. The fraction of sp³-hybridized carbons (Fsp3) is 0.0714. The van der Waals surface area contributed by atoms with E-state index in [0.717, 1.165) is 0 Å². The van der Waals surface area contributed by atoms with E-state index in [-0.39, 0.29) is 16.2 Å². The number of rotatable bonds is 5. The van der Waals surface area contributed by atoms with Gasteiger partial charge in [0.15, 0.2) is 0 Å². The number of nitrogens with one attached hydrogen (secondary N) is 2. The quantitative estimate of drug-likeness (QED) is 0.713. The number of carbonyl (C=O) groups excluding carboxylic acids is 1. The lowest BCUT2D eigenvalue weighted by molar-refractivity contribution is 0.0942. The smallest absolute Gasteiger partial charge is 0.269 e. The van der Waals surface area contributed by atoms with E-state index in [1.54, 1.807) is 12.1 Å². The second-order valence-electron chi connectivity index (χ2n) is 4.25. The number of hydrogen-bond acceptors (Lipinski definition) is 5. The predicted molar refractivity (Wildman–Crippen MR) is 78.9 cm³/mol. The van der Waals surface area contributed by atoms with E-state index >= 15 is 0 Å². The summed E-state index contributed by atoms with van der Waals surface area (Å²) >= 11 is 0. The van der Waals surface area contributed by atoms with Crippen LogP contribution in [0.4, 0.5) is 0 Å². The lowest BCUT2D eigenvalue weighted by Gasteiger charge is -2.09. The van der Waals surface area contributed by atoms with E-state index in [1.165, 1.54) is 43.5 Å². The highest BCUT2D eigenvalue weighted by Crippen LogP contribution is 2.16. The van der Waals surface area contributed by atoms with Crippen molar-refractivity contribution in [2.45, 2.75) is 4.90 Å². The van der Waals surface area contributed by atoms with E-state index in [2.05, 4.69) is 0 Å². The summed E-state index contributed by atoms with van der Waals surface area (Å²) < 4.78 is 29.0. The molecule has 2 rings (SSSR count). The average molecular weight is 322 g/mol. The molecule has 0 aliphatic carbocycles. The molecule has 0 bridgehead atoms. The Morgan fingerprint density at radius 1 is 1.09 bits per heavy atom. The van der Waals surface area contributed by atoms with Gasteiger partial charge in [0, 0.05) is 0 Å². The number of amides is 1. The zero-order chi connectivity index (χ0) is 16.2. The third-order valence-electron chi connectivity index (χ3n) is 2.82. The molecule has 2 aromatic rings. The average Bonchev–Trinajstić information content (AvgIpc) is 2.53. The van der Waals surface area contributed by atoms with Crippen LogP contribution in [0, 0.1) is 0 Å². The molecule has 0 aliphatic heterocycles. The number of phenols is 1. The van der Waals surface area contributed by atoms with Crippen LogP contribution in [0.25, 0.3) is 0 Å². The van der Waals surface area contributed by atoms with Crippen molar-refractivity contribution >= 4 is 15.9 Å². The Morgan fingerprint density at radius 3 is 2.32 bits per heavy atom. The van der Waals surface area contributed by atoms with E-state index < -0.39 is 15.9 Å². The first-order valence-electron chi connectivity index (χ1n) is 6.18. The number of hydrogen-bond donors (Lipinski definition) is 3. The number of ether oxygens (including phenoxy) is 1. The SMILES string of the molecule is COc1ccc(S(=O)(=O)NNC(=O)c2ccccc2O)cc1.